The summed E-state index contributed by atoms with van der Waals surface area (Å²) in [5.41, 5.74) is 14.6. The third-order valence-electron chi connectivity index (χ3n) is 13.5. The molecule has 2 nitrogen and oxygen atoms in total. The minimum absolute atomic E-state index is 0.0709. The van der Waals surface area contributed by atoms with E-state index in [9.17, 15) is 0 Å². The van der Waals surface area contributed by atoms with Crippen LogP contribution in [-0.4, -0.2) is 10.9 Å². The van der Waals surface area contributed by atoms with Crippen molar-refractivity contribution in [1.82, 2.24) is 10.2 Å². The van der Waals surface area contributed by atoms with E-state index >= 15 is 0 Å². The Morgan fingerprint density at radius 3 is 1.62 bits per heavy atom. The lowest BCUT2D eigenvalue weighted by atomic mass is 9.70. The van der Waals surface area contributed by atoms with Crippen molar-refractivity contribution in [2.45, 2.75) is 29.7 Å². The maximum atomic E-state index is 4.19. The summed E-state index contributed by atoms with van der Waals surface area (Å²) in [6.45, 7) is 0. The van der Waals surface area contributed by atoms with Crippen molar-refractivity contribution < 1.29 is 0 Å². The summed E-state index contributed by atoms with van der Waals surface area (Å²) in [5, 5.41) is 12.1. The molecule has 2 aliphatic carbocycles. The summed E-state index contributed by atoms with van der Waals surface area (Å²) in [4.78, 5) is 2.73. The second-order valence-electron chi connectivity index (χ2n) is 15.9. The number of benzene rings is 9. The molecule has 2 heterocycles. The number of fused-ring (bicyclic) bond motifs is 17. The van der Waals surface area contributed by atoms with Gasteiger partial charge in [0.1, 0.15) is 0 Å². The van der Waals surface area contributed by atoms with Crippen LogP contribution in [0.5, 0.6) is 0 Å². The number of hydrogen-bond donors (Lipinski definition) is 1. The van der Waals surface area contributed by atoms with Crippen LogP contribution in [0.25, 0.3) is 54.6 Å². The van der Waals surface area contributed by atoms with Gasteiger partial charge in [-0.25, -0.2) is 0 Å². The zero-order chi connectivity index (χ0) is 35.8. The number of nitrogens with zero attached hydrogens (tertiary/aromatic N) is 1. The lowest BCUT2D eigenvalue weighted by molar-refractivity contribution is 0.358. The van der Waals surface area contributed by atoms with Gasteiger partial charge in [-0.15, -0.1) is 0 Å². The molecule has 0 radical (unpaired) electrons. The van der Waals surface area contributed by atoms with E-state index in [1.165, 1.54) is 93.5 Å². The van der Waals surface area contributed by atoms with Crippen LogP contribution in [0.4, 0.5) is 0 Å². The van der Waals surface area contributed by atoms with E-state index in [0.717, 1.165) is 0 Å². The molecule has 0 aromatic heterocycles. The Kier molecular flexibility index (Phi) is 5.95. The predicted molar refractivity (Wildman–Crippen MR) is 225 cm³/mol. The van der Waals surface area contributed by atoms with Gasteiger partial charge < -0.3 is 0 Å². The molecular weight excluding hydrogens is 665 g/mol. The van der Waals surface area contributed by atoms with E-state index in [1.54, 1.807) is 0 Å². The normalized spacial score (nSPS) is 23.8. The van der Waals surface area contributed by atoms with Gasteiger partial charge in [0.2, 0.25) is 0 Å². The summed E-state index contributed by atoms with van der Waals surface area (Å²) < 4.78 is 0. The van der Waals surface area contributed by atoms with E-state index in [0.29, 0.717) is 12.1 Å². The minimum atomic E-state index is -0.441. The van der Waals surface area contributed by atoms with Crippen LogP contribution in [0.2, 0.25) is 0 Å². The maximum absolute atomic E-state index is 4.19. The molecule has 9 aromatic carbocycles. The molecule has 6 unspecified atom stereocenters. The molecule has 1 N–H and O–H groups in total. The summed E-state index contributed by atoms with van der Waals surface area (Å²) in [6.07, 6.45) is 0.0709. The summed E-state index contributed by atoms with van der Waals surface area (Å²) >= 11 is 0. The second kappa shape index (κ2) is 10.9. The molecule has 55 heavy (non-hydrogen) atoms. The van der Waals surface area contributed by atoms with Crippen molar-refractivity contribution in [2.75, 3.05) is 0 Å². The first-order chi connectivity index (χ1) is 27.3. The van der Waals surface area contributed by atoms with Gasteiger partial charge >= 0.3 is 0 Å². The third kappa shape index (κ3) is 3.81. The van der Waals surface area contributed by atoms with Gasteiger partial charge in [-0.3, -0.25) is 10.2 Å². The van der Waals surface area contributed by atoms with Gasteiger partial charge in [-0.2, -0.15) is 0 Å². The molecule has 6 atom stereocenters. The summed E-state index contributed by atoms with van der Waals surface area (Å²) in [6, 6.07) is 71.9. The first-order valence-electron chi connectivity index (χ1n) is 19.7. The number of nitrogens with one attached hydrogen (secondary N) is 1. The highest BCUT2D eigenvalue weighted by Crippen LogP contribution is 2.66. The van der Waals surface area contributed by atoms with Crippen LogP contribution in [0.1, 0.15) is 57.2 Å². The molecule has 1 spiro atoms. The van der Waals surface area contributed by atoms with E-state index < -0.39 is 5.41 Å². The van der Waals surface area contributed by atoms with Crippen molar-refractivity contribution in [1.29, 1.82) is 0 Å². The van der Waals surface area contributed by atoms with Crippen molar-refractivity contribution >= 4 is 32.3 Å². The number of rotatable bonds is 3. The first-order valence-corrected chi connectivity index (χ1v) is 19.7. The Bertz CT molecular complexity index is 3060. The Balaban J connectivity index is 1.09. The first kappa shape index (κ1) is 30.1. The van der Waals surface area contributed by atoms with Gasteiger partial charge in [0.25, 0.3) is 0 Å². The average Bonchev–Trinajstić information content (AvgIpc) is 3.59. The fourth-order valence-electron chi connectivity index (χ4n) is 11.4. The largest absolute Gasteiger partial charge is 0.289 e. The summed E-state index contributed by atoms with van der Waals surface area (Å²) in [7, 11) is 0. The maximum Gasteiger partial charge on any atom is 0.0881 e. The molecular formula is C53H36N2. The standard InChI is InChI=1S/C53H36N2/c1-3-16-32(17-4-1)49-51-50(33-18-5-2-6-19-33)55(51)52(54-49)40-26-15-29-46-48(40)39-25-12-14-28-45(39)53(46)44-27-13-11-24-38(44)43-30-41-36-22-9-7-20-34(36)35-21-8-10-23-37(35)42(41)31-47(43)53/h1-31,49-52,54H. The summed E-state index contributed by atoms with van der Waals surface area (Å²) in [5.74, 6) is 0. The molecule has 2 fully saturated rings. The highest BCUT2D eigenvalue weighted by Gasteiger charge is 2.63. The smallest absolute Gasteiger partial charge is 0.0881 e. The molecule has 9 aromatic rings. The molecule has 13 rings (SSSR count). The highest BCUT2D eigenvalue weighted by atomic mass is 15.5. The van der Waals surface area contributed by atoms with E-state index in [2.05, 4.69) is 198 Å². The Labute approximate surface area is 320 Å². The van der Waals surface area contributed by atoms with Gasteiger partial charge in [0.05, 0.1) is 29.7 Å². The van der Waals surface area contributed by atoms with Gasteiger partial charge in [0.15, 0.2) is 0 Å². The monoisotopic (exact) mass is 700 g/mol. The van der Waals surface area contributed by atoms with E-state index in [1.807, 2.05) is 0 Å². The quantitative estimate of drug-likeness (QED) is 0.146. The van der Waals surface area contributed by atoms with Crippen molar-refractivity contribution in [2.24, 2.45) is 0 Å². The van der Waals surface area contributed by atoms with Gasteiger partial charge in [-0.1, -0.05) is 176 Å². The SMILES string of the molecule is c1ccc(C2NC(c3cccc4c3-c3ccccc3C43c4ccccc4-c4cc5c6ccccc6c6ccccc6c5cc43)N3C(c4ccccc4)C23)cc1. The van der Waals surface area contributed by atoms with Crippen LogP contribution in [0.3, 0.4) is 0 Å². The molecule has 4 aliphatic rings. The van der Waals surface area contributed by atoms with Gasteiger partial charge in [-0.05, 0) is 106 Å². The molecule has 0 bridgehead atoms. The van der Waals surface area contributed by atoms with Gasteiger partial charge in [0, 0.05) is 0 Å². The molecule has 2 aliphatic heterocycles. The van der Waals surface area contributed by atoms with Crippen LogP contribution < -0.4 is 5.32 Å². The Morgan fingerprint density at radius 2 is 0.927 bits per heavy atom. The fourth-order valence-corrected chi connectivity index (χ4v) is 11.4. The predicted octanol–water partition coefficient (Wildman–Crippen LogP) is 12.3. The van der Waals surface area contributed by atoms with Crippen LogP contribution in [0.15, 0.2) is 188 Å². The molecule has 258 valence electrons. The zero-order valence-electron chi connectivity index (χ0n) is 30.2. The third-order valence-corrected chi connectivity index (χ3v) is 13.5. The molecule has 2 saturated heterocycles. The highest BCUT2D eigenvalue weighted by molar-refractivity contribution is 6.26. The Hall–Kier alpha value is -6.32. The van der Waals surface area contributed by atoms with Crippen molar-refractivity contribution in [3.8, 4) is 22.3 Å². The lowest BCUT2D eigenvalue weighted by Crippen LogP contribution is -2.28. The Morgan fingerprint density at radius 1 is 0.400 bits per heavy atom. The minimum Gasteiger partial charge on any atom is -0.289 e. The average molecular weight is 701 g/mol. The van der Waals surface area contributed by atoms with Crippen molar-refractivity contribution in [3.63, 3.8) is 0 Å². The van der Waals surface area contributed by atoms with Crippen molar-refractivity contribution in [3.05, 3.63) is 227 Å². The molecule has 2 heteroatoms. The fraction of sp³-hybridized carbons (Fsp3) is 0.0943. The van der Waals surface area contributed by atoms with E-state index in [-0.39, 0.29) is 12.2 Å². The molecule has 0 saturated carbocycles. The van der Waals surface area contributed by atoms with Crippen LogP contribution >= 0.6 is 0 Å². The topological polar surface area (TPSA) is 15.0 Å². The lowest BCUT2D eigenvalue weighted by Gasteiger charge is -2.31. The van der Waals surface area contributed by atoms with Crippen LogP contribution in [-0.2, 0) is 5.41 Å². The second-order valence-corrected chi connectivity index (χ2v) is 15.9. The zero-order valence-corrected chi connectivity index (χ0v) is 30.2. The van der Waals surface area contributed by atoms with E-state index in [4.69, 9.17) is 0 Å². The van der Waals surface area contributed by atoms with Crippen LogP contribution in [0, 0.1) is 0 Å². The number of hydrogen-bond acceptors (Lipinski definition) is 2. The molecule has 0 amide bonds.